The number of hydrogen-bond donors (Lipinski definition) is 1. The molecule has 106 valence electrons. The zero-order valence-electron chi connectivity index (χ0n) is 10.8. The van der Waals surface area contributed by atoms with E-state index in [1.165, 1.54) is 8.42 Å². The molecule has 2 heterocycles. The van der Waals surface area contributed by atoms with Gasteiger partial charge in [0.05, 0.1) is 8.42 Å². The maximum atomic E-state index is 11.6. The smallest absolute Gasteiger partial charge is 0.407 e. The first-order chi connectivity index (χ1) is 8.83. The lowest BCUT2D eigenvalue weighted by Gasteiger charge is -2.23. The summed E-state index contributed by atoms with van der Waals surface area (Å²) in [5.74, 6) is 0.996. The molecule has 1 aliphatic rings. The molecule has 0 fully saturated rings. The molecular formula is C11H15NO2S5. The number of fused-ring (bicyclic) bond motifs is 1. The Kier molecular flexibility index (Phi) is 5.21. The normalized spacial score (nSPS) is 18.8. The predicted octanol–water partition coefficient (Wildman–Crippen LogP) is 4.63. The van der Waals surface area contributed by atoms with E-state index in [0.717, 1.165) is 8.89 Å². The summed E-state index contributed by atoms with van der Waals surface area (Å²) >= 11 is 12.2. The van der Waals surface area contributed by atoms with Crippen molar-refractivity contribution in [1.29, 1.82) is 0 Å². The second-order valence-corrected chi connectivity index (χ2v) is 11.0. The summed E-state index contributed by atoms with van der Waals surface area (Å²) in [6, 6.07) is 0. The van der Waals surface area contributed by atoms with Crippen molar-refractivity contribution in [2.45, 2.75) is 40.0 Å². The zero-order valence-corrected chi connectivity index (χ0v) is 14.9. The van der Waals surface area contributed by atoms with Gasteiger partial charge in [-0.25, -0.2) is 4.79 Å². The molecule has 1 aromatic heterocycles. The van der Waals surface area contributed by atoms with E-state index >= 15 is 0 Å². The van der Waals surface area contributed by atoms with Crippen molar-refractivity contribution in [1.82, 2.24) is 5.32 Å². The van der Waals surface area contributed by atoms with Gasteiger partial charge in [0.25, 0.3) is 0 Å². The molecule has 1 N–H and O–H groups in total. The molecule has 3 nitrogen and oxygen atoms in total. The van der Waals surface area contributed by atoms with Crippen molar-refractivity contribution >= 4 is 64.5 Å². The molecule has 0 aliphatic carbocycles. The monoisotopic (exact) mass is 353 g/mol. The van der Waals surface area contributed by atoms with Crippen LogP contribution in [0.3, 0.4) is 0 Å². The van der Waals surface area contributed by atoms with E-state index in [1.54, 1.807) is 22.7 Å². The molecule has 1 amide bonds. The number of alkyl carbamates (subject to hydrolysis) is 1. The molecule has 0 bridgehead atoms. The highest BCUT2D eigenvalue weighted by molar-refractivity contribution is 8.08. The Labute approximate surface area is 134 Å². The van der Waals surface area contributed by atoms with E-state index in [0.29, 0.717) is 11.8 Å². The van der Waals surface area contributed by atoms with Gasteiger partial charge in [0, 0.05) is 17.5 Å². The first-order valence-corrected chi connectivity index (χ1v) is 9.64. The van der Waals surface area contributed by atoms with Gasteiger partial charge in [-0.2, -0.15) is 0 Å². The average Bonchev–Trinajstić information content (AvgIpc) is 2.63. The summed E-state index contributed by atoms with van der Waals surface area (Å²) in [7, 11) is 0. The number of hydrogen-bond acceptors (Lipinski definition) is 7. The predicted molar refractivity (Wildman–Crippen MR) is 87.6 cm³/mol. The number of carbonyl (C=O) groups is 1. The minimum atomic E-state index is -0.446. The number of carbonyl (C=O) groups excluding carboxylic acids is 1. The minimum absolute atomic E-state index is 0.346. The first kappa shape index (κ1) is 15.6. The molecule has 0 spiro atoms. The van der Waals surface area contributed by atoms with Crippen molar-refractivity contribution in [3.63, 3.8) is 0 Å². The van der Waals surface area contributed by atoms with Crippen LogP contribution in [-0.2, 0) is 4.74 Å². The fourth-order valence-corrected chi connectivity index (χ4v) is 7.95. The molecule has 0 aromatic carbocycles. The molecule has 1 atom stereocenters. The van der Waals surface area contributed by atoms with Crippen LogP contribution in [0.1, 0.15) is 20.8 Å². The SMILES string of the molecule is CC(C)(C)OC(=O)NCC1CSc2sc(=S)sc2S1. The molecule has 1 aliphatic heterocycles. The van der Waals surface area contributed by atoms with Crippen LogP contribution in [0.25, 0.3) is 0 Å². The van der Waals surface area contributed by atoms with E-state index < -0.39 is 5.60 Å². The van der Waals surface area contributed by atoms with Gasteiger partial charge in [0.2, 0.25) is 0 Å². The fourth-order valence-electron chi connectivity index (χ4n) is 1.38. The van der Waals surface area contributed by atoms with Crippen LogP contribution in [0.5, 0.6) is 0 Å². The average molecular weight is 354 g/mol. The zero-order chi connectivity index (χ0) is 14.0. The van der Waals surface area contributed by atoms with Crippen LogP contribution in [0.4, 0.5) is 4.79 Å². The third kappa shape index (κ3) is 4.93. The Morgan fingerprint density at radius 2 is 2.11 bits per heavy atom. The van der Waals surface area contributed by atoms with Gasteiger partial charge < -0.3 is 10.1 Å². The van der Waals surface area contributed by atoms with Crippen LogP contribution in [0.15, 0.2) is 8.42 Å². The second-order valence-electron chi connectivity index (χ2n) is 4.96. The minimum Gasteiger partial charge on any atom is -0.444 e. The standard InChI is InChI=1S/C11H15NO2S5/c1-11(2,3)14-9(13)12-4-6-5-16-7-8(17-6)19-10(15)18-7/h6H,4-5H2,1-3H3,(H,12,13). The topological polar surface area (TPSA) is 38.3 Å². The van der Waals surface area contributed by atoms with Crippen molar-refractivity contribution in [3.8, 4) is 0 Å². The molecule has 0 saturated carbocycles. The van der Waals surface area contributed by atoms with E-state index in [-0.39, 0.29) is 6.09 Å². The van der Waals surface area contributed by atoms with Crippen molar-refractivity contribution in [2.75, 3.05) is 12.3 Å². The number of thioether (sulfide) groups is 2. The molecule has 0 saturated heterocycles. The van der Waals surface area contributed by atoms with Crippen LogP contribution in [0, 0.1) is 3.14 Å². The molecule has 1 aromatic rings. The third-order valence-electron chi connectivity index (χ3n) is 2.07. The van der Waals surface area contributed by atoms with Crippen molar-refractivity contribution in [2.24, 2.45) is 0 Å². The quantitative estimate of drug-likeness (QED) is 0.785. The lowest BCUT2D eigenvalue weighted by molar-refractivity contribution is 0.0528. The van der Waals surface area contributed by atoms with E-state index in [2.05, 4.69) is 5.32 Å². The fraction of sp³-hybridized carbons (Fsp3) is 0.636. The second kappa shape index (κ2) is 6.34. The third-order valence-corrected chi connectivity index (χ3v) is 8.17. The van der Waals surface area contributed by atoms with Gasteiger partial charge in [-0.3, -0.25) is 0 Å². The highest BCUT2D eigenvalue weighted by Crippen LogP contribution is 2.47. The highest BCUT2D eigenvalue weighted by Gasteiger charge is 2.24. The number of ether oxygens (including phenoxy) is 1. The summed E-state index contributed by atoms with van der Waals surface area (Å²) in [5, 5.41) is 3.21. The van der Waals surface area contributed by atoms with Gasteiger partial charge in [-0.1, -0.05) is 12.2 Å². The van der Waals surface area contributed by atoms with Gasteiger partial charge in [-0.05, 0) is 20.8 Å². The van der Waals surface area contributed by atoms with Crippen molar-refractivity contribution < 1.29 is 9.53 Å². The van der Waals surface area contributed by atoms with E-state index in [4.69, 9.17) is 17.0 Å². The maximum absolute atomic E-state index is 11.6. The first-order valence-electron chi connectivity index (χ1n) is 5.74. The number of rotatable bonds is 2. The Bertz CT molecular complexity index is 516. The lowest BCUT2D eigenvalue weighted by atomic mass is 10.2. The molecule has 0 radical (unpaired) electrons. The van der Waals surface area contributed by atoms with Gasteiger partial charge >= 0.3 is 6.09 Å². The van der Waals surface area contributed by atoms with Crippen LogP contribution < -0.4 is 5.32 Å². The molecular weight excluding hydrogens is 338 g/mol. The van der Waals surface area contributed by atoms with Crippen molar-refractivity contribution in [3.05, 3.63) is 3.14 Å². The van der Waals surface area contributed by atoms with Crippen LogP contribution >= 0.6 is 58.4 Å². The molecule has 2 rings (SSSR count). The summed E-state index contributed by atoms with van der Waals surface area (Å²) in [6.45, 7) is 6.22. The van der Waals surface area contributed by atoms with Crippen LogP contribution in [0.2, 0.25) is 0 Å². The lowest BCUT2D eigenvalue weighted by Crippen LogP contribution is -2.37. The summed E-state index contributed by atoms with van der Waals surface area (Å²) in [5.41, 5.74) is -0.446. The summed E-state index contributed by atoms with van der Waals surface area (Å²) in [6.07, 6.45) is -0.346. The Hall–Kier alpha value is 0.240. The Balaban J connectivity index is 1.83. The Morgan fingerprint density at radius 1 is 1.42 bits per heavy atom. The molecule has 1 unspecified atom stereocenters. The summed E-state index contributed by atoms with van der Waals surface area (Å²) in [4.78, 5) is 11.6. The van der Waals surface area contributed by atoms with E-state index in [9.17, 15) is 4.79 Å². The number of amides is 1. The van der Waals surface area contributed by atoms with Gasteiger partial charge in [0.1, 0.15) is 8.74 Å². The van der Waals surface area contributed by atoms with E-state index in [1.807, 2.05) is 44.3 Å². The van der Waals surface area contributed by atoms with Crippen LogP contribution in [-0.4, -0.2) is 29.2 Å². The van der Waals surface area contributed by atoms with Gasteiger partial charge in [0.15, 0.2) is 0 Å². The highest BCUT2D eigenvalue weighted by atomic mass is 32.2. The van der Waals surface area contributed by atoms with Gasteiger partial charge in [-0.15, -0.1) is 46.2 Å². The summed E-state index contributed by atoms with van der Waals surface area (Å²) < 4.78 is 8.82. The molecule has 19 heavy (non-hydrogen) atoms. The largest absolute Gasteiger partial charge is 0.444 e. The maximum Gasteiger partial charge on any atom is 0.407 e. The Morgan fingerprint density at radius 3 is 2.79 bits per heavy atom. The molecule has 8 heteroatoms. The number of nitrogens with one attached hydrogen (secondary N) is 1.